The van der Waals surface area contributed by atoms with Gasteiger partial charge in [-0.05, 0) is 30.0 Å². The minimum absolute atomic E-state index is 0.232. The fourth-order valence-corrected chi connectivity index (χ4v) is 2.26. The van der Waals surface area contributed by atoms with Crippen molar-refractivity contribution in [1.82, 2.24) is 14.9 Å². The maximum Gasteiger partial charge on any atom is 0.0991 e. The Balaban J connectivity index is 1.93. The molecule has 0 aliphatic heterocycles. The Morgan fingerprint density at radius 2 is 2.00 bits per heavy atom. The second-order valence-electron chi connectivity index (χ2n) is 5.38. The molecule has 0 fully saturated rings. The van der Waals surface area contributed by atoms with Crippen molar-refractivity contribution in [1.29, 1.82) is 0 Å². The topological polar surface area (TPSA) is 50.1 Å². The lowest BCUT2D eigenvalue weighted by Crippen LogP contribution is -2.34. The minimum atomic E-state index is 0.232. The Morgan fingerprint density at radius 1 is 1.25 bits per heavy atom. The van der Waals surface area contributed by atoms with Crippen LogP contribution in [0.3, 0.4) is 0 Å². The number of hydrogen-bond donors (Lipinski definition) is 2. The van der Waals surface area contributed by atoms with Crippen LogP contribution in [0.5, 0.6) is 0 Å². The Kier molecular flexibility index (Phi) is 5.32. The van der Waals surface area contributed by atoms with Crippen molar-refractivity contribution in [3.63, 3.8) is 0 Å². The third kappa shape index (κ3) is 3.92. The van der Waals surface area contributed by atoms with Crippen LogP contribution in [0.25, 0.3) is 5.69 Å². The molecule has 108 valence electrons. The fourth-order valence-electron chi connectivity index (χ4n) is 2.26. The van der Waals surface area contributed by atoms with Crippen LogP contribution < -0.4 is 5.32 Å². The molecule has 2 N–H and O–H groups in total. The highest BCUT2D eigenvalue weighted by atomic mass is 16.3. The van der Waals surface area contributed by atoms with Crippen molar-refractivity contribution in [2.75, 3.05) is 6.61 Å². The molecule has 20 heavy (non-hydrogen) atoms. The Morgan fingerprint density at radius 3 is 2.55 bits per heavy atom. The molecule has 1 heterocycles. The number of aliphatic hydroxyl groups excluding tert-OH is 1. The van der Waals surface area contributed by atoms with E-state index in [0.717, 1.165) is 18.7 Å². The van der Waals surface area contributed by atoms with Crippen LogP contribution in [-0.4, -0.2) is 27.3 Å². The van der Waals surface area contributed by atoms with Gasteiger partial charge >= 0.3 is 0 Å². The summed E-state index contributed by atoms with van der Waals surface area (Å²) in [4.78, 5) is 4.05. The average molecular weight is 273 g/mol. The van der Waals surface area contributed by atoms with E-state index in [9.17, 15) is 0 Å². The van der Waals surface area contributed by atoms with Gasteiger partial charge in [0, 0.05) is 37.3 Å². The predicted molar refractivity (Wildman–Crippen MR) is 80.7 cm³/mol. The van der Waals surface area contributed by atoms with Crippen molar-refractivity contribution < 1.29 is 5.11 Å². The molecule has 0 aliphatic rings. The molecule has 0 saturated heterocycles. The van der Waals surface area contributed by atoms with E-state index in [1.807, 2.05) is 10.8 Å². The van der Waals surface area contributed by atoms with Crippen molar-refractivity contribution in [3.05, 3.63) is 48.5 Å². The first kappa shape index (κ1) is 14.8. The van der Waals surface area contributed by atoms with Gasteiger partial charge in [-0.3, -0.25) is 0 Å². The molecule has 2 rings (SSSR count). The van der Waals surface area contributed by atoms with Crippen LogP contribution in [-0.2, 0) is 6.54 Å². The van der Waals surface area contributed by atoms with E-state index in [-0.39, 0.29) is 6.61 Å². The van der Waals surface area contributed by atoms with Crippen LogP contribution in [0.4, 0.5) is 0 Å². The van der Waals surface area contributed by atoms with Crippen molar-refractivity contribution in [3.8, 4) is 5.69 Å². The summed E-state index contributed by atoms with van der Waals surface area (Å²) in [6.45, 7) is 5.41. The molecular formula is C16H23N3O. The lowest BCUT2D eigenvalue weighted by atomic mass is 10.0. The first-order chi connectivity index (χ1) is 9.70. The number of hydrogen-bond acceptors (Lipinski definition) is 3. The second kappa shape index (κ2) is 7.22. The maximum atomic E-state index is 9.08. The van der Waals surface area contributed by atoms with Gasteiger partial charge in [0.1, 0.15) is 0 Å². The Labute approximate surface area is 120 Å². The van der Waals surface area contributed by atoms with Crippen molar-refractivity contribution in [2.45, 2.75) is 32.9 Å². The lowest BCUT2D eigenvalue weighted by Gasteiger charge is -2.21. The average Bonchev–Trinajstić information content (AvgIpc) is 2.98. The highest BCUT2D eigenvalue weighted by Crippen LogP contribution is 2.11. The highest BCUT2D eigenvalue weighted by Gasteiger charge is 2.11. The third-order valence-corrected chi connectivity index (χ3v) is 3.55. The van der Waals surface area contributed by atoms with E-state index in [4.69, 9.17) is 5.11 Å². The van der Waals surface area contributed by atoms with E-state index in [0.29, 0.717) is 12.0 Å². The minimum Gasteiger partial charge on any atom is -0.396 e. The molecule has 0 bridgehead atoms. The van der Waals surface area contributed by atoms with Gasteiger partial charge in [0.2, 0.25) is 0 Å². The molecule has 1 aromatic heterocycles. The van der Waals surface area contributed by atoms with Crippen molar-refractivity contribution in [2.24, 2.45) is 5.92 Å². The van der Waals surface area contributed by atoms with Gasteiger partial charge in [-0.25, -0.2) is 4.98 Å². The summed E-state index contributed by atoms with van der Waals surface area (Å²) < 4.78 is 1.99. The van der Waals surface area contributed by atoms with Crippen molar-refractivity contribution >= 4 is 0 Å². The maximum absolute atomic E-state index is 9.08. The largest absolute Gasteiger partial charge is 0.396 e. The monoisotopic (exact) mass is 273 g/mol. The molecule has 1 atom stereocenters. The van der Waals surface area contributed by atoms with Crippen LogP contribution in [0.2, 0.25) is 0 Å². The zero-order chi connectivity index (χ0) is 14.4. The molecule has 0 aliphatic carbocycles. The van der Waals surface area contributed by atoms with Gasteiger partial charge in [0.15, 0.2) is 0 Å². The summed E-state index contributed by atoms with van der Waals surface area (Å²) in [6, 6.07) is 8.79. The van der Waals surface area contributed by atoms with E-state index in [2.05, 4.69) is 48.4 Å². The number of rotatable bonds is 7. The summed E-state index contributed by atoms with van der Waals surface area (Å²) in [5.41, 5.74) is 2.36. The zero-order valence-electron chi connectivity index (χ0n) is 12.2. The molecule has 4 heteroatoms. The normalized spacial score (nSPS) is 12.8. The summed E-state index contributed by atoms with van der Waals surface area (Å²) in [5.74, 6) is 0.521. The van der Waals surface area contributed by atoms with E-state index in [1.54, 1.807) is 12.5 Å². The van der Waals surface area contributed by atoms with Crippen LogP contribution >= 0.6 is 0 Å². The fraction of sp³-hybridized carbons (Fsp3) is 0.438. The standard InChI is InChI=1S/C16H23N3O/c1-13(2)16(7-10-20)18-11-14-3-5-15(6-4-14)19-9-8-17-12-19/h3-6,8-9,12-13,16,18,20H,7,10-11H2,1-2H3. The highest BCUT2D eigenvalue weighted by molar-refractivity contribution is 5.34. The number of nitrogens with zero attached hydrogens (tertiary/aromatic N) is 2. The summed E-state index contributed by atoms with van der Waals surface area (Å²) in [6.07, 6.45) is 6.30. The summed E-state index contributed by atoms with van der Waals surface area (Å²) in [7, 11) is 0. The lowest BCUT2D eigenvalue weighted by molar-refractivity contribution is 0.244. The van der Waals surface area contributed by atoms with Gasteiger partial charge in [0.05, 0.1) is 6.33 Å². The Bertz CT molecular complexity index is 491. The SMILES string of the molecule is CC(C)C(CCO)NCc1ccc(-n2ccnc2)cc1. The smallest absolute Gasteiger partial charge is 0.0991 e. The third-order valence-electron chi connectivity index (χ3n) is 3.55. The number of benzene rings is 1. The molecule has 1 aromatic carbocycles. The molecule has 4 nitrogen and oxygen atoms in total. The number of aliphatic hydroxyl groups is 1. The van der Waals surface area contributed by atoms with Gasteiger partial charge in [-0.1, -0.05) is 26.0 Å². The van der Waals surface area contributed by atoms with E-state index in [1.165, 1.54) is 5.56 Å². The van der Waals surface area contributed by atoms with Crippen LogP contribution in [0.1, 0.15) is 25.8 Å². The second-order valence-corrected chi connectivity index (χ2v) is 5.38. The first-order valence-electron chi connectivity index (χ1n) is 7.12. The summed E-state index contributed by atoms with van der Waals surface area (Å²) in [5, 5.41) is 12.6. The molecule has 2 aromatic rings. The van der Waals surface area contributed by atoms with Gasteiger partial charge in [0.25, 0.3) is 0 Å². The molecule has 1 unspecified atom stereocenters. The first-order valence-corrected chi connectivity index (χ1v) is 7.12. The quantitative estimate of drug-likeness (QED) is 0.814. The number of nitrogens with one attached hydrogen (secondary N) is 1. The van der Waals surface area contributed by atoms with Gasteiger partial charge in [-0.15, -0.1) is 0 Å². The number of aromatic nitrogens is 2. The molecular weight excluding hydrogens is 250 g/mol. The van der Waals surface area contributed by atoms with E-state index < -0.39 is 0 Å². The molecule has 0 radical (unpaired) electrons. The molecule has 0 spiro atoms. The Hall–Kier alpha value is -1.65. The zero-order valence-corrected chi connectivity index (χ0v) is 12.2. The number of imidazole rings is 1. The van der Waals surface area contributed by atoms with Crippen LogP contribution in [0, 0.1) is 5.92 Å². The van der Waals surface area contributed by atoms with Crippen LogP contribution in [0.15, 0.2) is 43.0 Å². The van der Waals surface area contributed by atoms with Gasteiger partial charge < -0.3 is 15.0 Å². The molecule has 0 saturated carbocycles. The van der Waals surface area contributed by atoms with E-state index >= 15 is 0 Å². The predicted octanol–water partition coefficient (Wildman–Crippen LogP) is 2.37. The molecule has 0 amide bonds. The summed E-state index contributed by atoms with van der Waals surface area (Å²) >= 11 is 0. The van der Waals surface area contributed by atoms with Gasteiger partial charge in [-0.2, -0.15) is 0 Å².